The lowest BCUT2D eigenvalue weighted by Gasteiger charge is -2.21. The Bertz CT molecular complexity index is 1740. The highest BCUT2D eigenvalue weighted by Gasteiger charge is 2.27. The number of rotatable bonds is 36. The van der Waals surface area contributed by atoms with Crippen LogP contribution < -0.4 is 9.47 Å². The lowest BCUT2D eigenvalue weighted by atomic mass is 10.0. The maximum absolute atomic E-state index is 2.64. The summed E-state index contributed by atoms with van der Waals surface area (Å²) < 4.78 is 4.06. The van der Waals surface area contributed by atoms with Gasteiger partial charge in [0.2, 0.25) is 5.52 Å². The van der Waals surface area contributed by atoms with E-state index in [1.165, 1.54) is 253 Å². The summed E-state index contributed by atoms with van der Waals surface area (Å²) in [7, 11) is 0. The van der Waals surface area contributed by atoms with E-state index in [9.17, 15) is 0 Å². The number of unbranched alkanes of at least 4 members (excludes halogenated alkanes) is 30. The molecule has 1 aromatic heterocycles. The Labute approximate surface area is 390 Å². The van der Waals surface area contributed by atoms with E-state index in [1.54, 1.807) is 0 Å². The molecule has 0 saturated carbocycles. The summed E-state index contributed by atoms with van der Waals surface area (Å²) in [6.07, 6.45) is 52.8. The molecule has 0 N–H and O–H groups in total. The predicted octanol–water partition coefficient (Wildman–Crippen LogP) is 19.7. The highest BCUT2D eigenvalue weighted by atomic mass is 32.2. The second kappa shape index (κ2) is 31.6. The van der Waals surface area contributed by atoms with Crippen molar-refractivity contribution in [1.82, 2.24) is 0 Å². The number of benzene rings is 2. The van der Waals surface area contributed by atoms with E-state index >= 15 is 0 Å². The SMILES string of the molecule is CCCCCCCCCCCCCCCCCCN1/C(=C/C2=C(C)C(=C\c3sc4ccccc4[n+]3CCCCCCCCCCCCCCCCCC)/CC2)Sc2ccccc21. The molecule has 1 aliphatic heterocycles. The average Bonchev–Trinajstić information content (AvgIpc) is 3.95. The summed E-state index contributed by atoms with van der Waals surface area (Å²) in [4.78, 5) is 4.06. The minimum Gasteiger partial charge on any atom is -0.335 e. The van der Waals surface area contributed by atoms with E-state index in [-0.39, 0.29) is 0 Å². The average molecular weight is 881 g/mol. The Morgan fingerprint density at radius 3 is 1.53 bits per heavy atom. The smallest absolute Gasteiger partial charge is 0.263 e. The summed E-state index contributed by atoms with van der Waals surface area (Å²) in [6, 6.07) is 18.2. The molecule has 1 aliphatic carbocycles. The highest BCUT2D eigenvalue weighted by molar-refractivity contribution is 8.03. The van der Waals surface area contributed by atoms with Gasteiger partial charge >= 0.3 is 0 Å². The lowest BCUT2D eigenvalue weighted by molar-refractivity contribution is -0.669. The fraction of sp³-hybridized carbons (Fsp3) is 0.672. The second-order valence-electron chi connectivity index (χ2n) is 19.2. The van der Waals surface area contributed by atoms with Crippen LogP contribution in [0.5, 0.6) is 0 Å². The van der Waals surface area contributed by atoms with Crippen LogP contribution in [0.2, 0.25) is 0 Å². The molecule has 0 atom stereocenters. The number of aromatic nitrogens is 1. The molecular weight excluding hydrogens is 789 g/mol. The molecule has 4 heteroatoms. The van der Waals surface area contributed by atoms with E-state index in [0.29, 0.717) is 0 Å². The molecule has 344 valence electrons. The fourth-order valence-corrected chi connectivity index (χ4v) is 12.2. The predicted molar refractivity (Wildman–Crippen MR) is 279 cm³/mol. The Hall–Kier alpha value is -2.30. The zero-order chi connectivity index (χ0) is 43.3. The van der Waals surface area contributed by atoms with Crippen LogP contribution in [0.25, 0.3) is 16.3 Å². The van der Waals surface area contributed by atoms with E-state index in [0.717, 1.165) is 25.9 Å². The van der Waals surface area contributed by atoms with Gasteiger partial charge in [0, 0.05) is 30.0 Å². The third kappa shape index (κ3) is 18.3. The van der Waals surface area contributed by atoms with Crippen LogP contribution in [0, 0.1) is 0 Å². The van der Waals surface area contributed by atoms with Crippen LogP contribution >= 0.6 is 23.1 Å². The van der Waals surface area contributed by atoms with Crippen LogP contribution in [0.15, 0.2) is 81.3 Å². The molecule has 0 unspecified atom stereocenters. The van der Waals surface area contributed by atoms with Crippen molar-refractivity contribution in [3.8, 4) is 0 Å². The maximum Gasteiger partial charge on any atom is 0.263 e. The van der Waals surface area contributed by atoms with Crippen molar-refractivity contribution in [2.75, 3.05) is 11.4 Å². The maximum atomic E-state index is 2.64. The molecule has 2 aromatic carbocycles. The number of hydrogen-bond acceptors (Lipinski definition) is 3. The summed E-state index contributed by atoms with van der Waals surface area (Å²) in [5.41, 5.74) is 7.40. The summed E-state index contributed by atoms with van der Waals surface area (Å²) >= 11 is 3.97. The molecule has 5 rings (SSSR count). The third-order valence-electron chi connectivity index (χ3n) is 14.0. The van der Waals surface area contributed by atoms with Crippen LogP contribution in [-0.2, 0) is 6.54 Å². The second-order valence-corrected chi connectivity index (χ2v) is 21.3. The monoisotopic (exact) mass is 880 g/mol. The number of hydrogen-bond donors (Lipinski definition) is 0. The van der Waals surface area contributed by atoms with Crippen molar-refractivity contribution in [2.24, 2.45) is 0 Å². The molecule has 3 aromatic rings. The third-order valence-corrected chi connectivity index (χ3v) is 16.2. The van der Waals surface area contributed by atoms with Crippen LogP contribution in [0.3, 0.4) is 0 Å². The first-order chi connectivity index (χ1) is 30.7. The van der Waals surface area contributed by atoms with Gasteiger partial charge in [0.05, 0.1) is 10.7 Å². The first-order valence-electron chi connectivity index (χ1n) is 26.8. The van der Waals surface area contributed by atoms with Gasteiger partial charge in [-0.2, -0.15) is 4.57 Å². The normalized spacial score (nSPS) is 15.4. The zero-order valence-corrected chi connectivity index (χ0v) is 42.1. The van der Waals surface area contributed by atoms with E-state index in [4.69, 9.17) is 0 Å². The van der Waals surface area contributed by atoms with Crippen molar-refractivity contribution in [3.05, 3.63) is 81.4 Å². The zero-order valence-electron chi connectivity index (χ0n) is 40.4. The van der Waals surface area contributed by atoms with Gasteiger partial charge in [-0.3, -0.25) is 0 Å². The van der Waals surface area contributed by atoms with Crippen LogP contribution in [0.4, 0.5) is 5.69 Å². The highest BCUT2D eigenvalue weighted by Crippen LogP contribution is 2.47. The molecule has 0 saturated heterocycles. The van der Waals surface area contributed by atoms with Crippen LogP contribution in [-0.4, -0.2) is 6.54 Å². The van der Waals surface area contributed by atoms with E-state index in [1.807, 2.05) is 23.1 Å². The number of aryl methyl sites for hydroxylation is 1. The van der Waals surface area contributed by atoms with Gasteiger partial charge in [0.25, 0.3) is 5.01 Å². The minimum atomic E-state index is 1.13. The first kappa shape index (κ1) is 50.7. The molecule has 0 fully saturated rings. The van der Waals surface area contributed by atoms with Crippen LogP contribution in [0.1, 0.15) is 244 Å². The summed E-state index contributed by atoms with van der Waals surface area (Å²) in [5, 5.41) is 2.87. The summed E-state index contributed by atoms with van der Waals surface area (Å²) in [6.45, 7) is 9.27. The quantitative estimate of drug-likeness (QED) is 0.0424. The molecule has 0 amide bonds. The van der Waals surface area contributed by atoms with Gasteiger partial charge in [-0.05, 0) is 73.6 Å². The molecule has 2 heterocycles. The van der Waals surface area contributed by atoms with Gasteiger partial charge in [-0.25, -0.2) is 0 Å². The minimum absolute atomic E-state index is 1.13. The van der Waals surface area contributed by atoms with Crippen molar-refractivity contribution in [3.63, 3.8) is 0 Å². The standard InChI is InChI=1S/C58H91N2S2/c1-4-6-8-10-12-14-16-18-20-22-24-26-28-30-32-38-46-59-53-40-34-36-42-55(53)61-57(59)48-51-44-45-52(50(51)3)49-58-60(54-41-35-37-43-56(54)62-58)47-39-33-31-29-27-25-23-21-19-17-15-13-11-9-7-5-2/h34-37,40-43,48-49H,4-33,38-39,44-47H2,1-3H3/q+1. The number of anilines is 1. The first-order valence-corrected chi connectivity index (χ1v) is 28.4. The molecular formula is C58H91N2S2+. The topological polar surface area (TPSA) is 7.12 Å². The Kier molecular flexibility index (Phi) is 25.8. The van der Waals surface area contributed by atoms with E-state index in [2.05, 4.69) is 90.9 Å². The van der Waals surface area contributed by atoms with E-state index < -0.39 is 0 Å². The number of fused-ring (bicyclic) bond motifs is 2. The molecule has 0 radical (unpaired) electrons. The van der Waals surface area contributed by atoms with Crippen molar-refractivity contribution in [2.45, 2.75) is 251 Å². The van der Waals surface area contributed by atoms with Gasteiger partial charge in [0.15, 0.2) is 6.54 Å². The van der Waals surface area contributed by atoms with Crippen molar-refractivity contribution >= 4 is 45.1 Å². The molecule has 2 aliphatic rings. The van der Waals surface area contributed by atoms with Crippen molar-refractivity contribution < 1.29 is 4.57 Å². The fourth-order valence-electron chi connectivity index (χ4n) is 9.93. The number of thiazole rings is 1. The lowest BCUT2D eigenvalue weighted by Crippen LogP contribution is -2.35. The number of allylic oxidation sites excluding steroid dienone is 4. The number of para-hydroxylation sites is 2. The molecule has 2 nitrogen and oxygen atoms in total. The van der Waals surface area contributed by atoms with Gasteiger partial charge in [-0.1, -0.05) is 247 Å². The molecule has 0 spiro atoms. The largest absolute Gasteiger partial charge is 0.335 e. The Morgan fingerprint density at radius 1 is 0.516 bits per heavy atom. The number of nitrogens with zero attached hydrogens (tertiary/aromatic N) is 2. The molecule has 62 heavy (non-hydrogen) atoms. The van der Waals surface area contributed by atoms with Gasteiger partial charge < -0.3 is 4.90 Å². The van der Waals surface area contributed by atoms with Gasteiger partial charge in [0.1, 0.15) is 4.70 Å². The summed E-state index contributed by atoms with van der Waals surface area (Å²) in [5.74, 6) is 0. The van der Waals surface area contributed by atoms with Gasteiger partial charge in [-0.15, -0.1) is 0 Å². The Balaban J connectivity index is 1.04. The van der Waals surface area contributed by atoms with Crippen molar-refractivity contribution in [1.29, 1.82) is 0 Å². The number of thioether (sulfide) groups is 1. The Morgan fingerprint density at radius 2 is 0.984 bits per heavy atom. The molecule has 0 bridgehead atoms.